The Bertz CT molecular complexity index is 1190. The van der Waals surface area contributed by atoms with Crippen LogP contribution in [0.2, 0.25) is 0 Å². The van der Waals surface area contributed by atoms with Gasteiger partial charge in [0.05, 0.1) is 16.8 Å². The van der Waals surface area contributed by atoms with Gasteiger partial charge in [-0.2, -0.15) is 13.2 Å². The minimum Gasteiger partial charge on any atom is -0.355 e. The second kappa shape index (κ2) is 9.36. The van der Waals surface area contributed by atoms with Crippen LogP contribution in [0, 0.1) is 19.7 Å². The molecule has 1 N–H and O–H groups in total. The summed E-state index contributed by atoms with van der Waals surface area (Å²) in [7, 11) is 0. The van der Waals surface area contributed by atoms with Gasteiger partial charge in [0.2, 0.25) is 0 Å². The number of nitrogens with zero attached hydrogens (tertiary/aromatic N) is 4. The van der Waals surface area contributed by atoms with E-state index < -0.39 is 29.0 Å². The molecule has 0 unspecified atom stereocenters. The Balaban J connectivity index is 1.44. The number of pyridine rings is 1. The number of nitrogens with one attached hydrogen (secondary N) is 1. The fraction of sp³-hybridized carbons (Fsp3) is 0.333. The van der Waals surface area contributed by atoms with Crippen molar-refractivity contribution in [1.82, 2.24) is 20.5 Å². The molecule has 2 aromatic heterocycles. The molecule has 1 fully saturated rings. The first-order valence-electron chi connectivity index (χ1n) is 10.8. The molecule has 1 aliphatic heterocycles. The van der Waals surface area contributed by atoms with E-state index in [0.29, 0.717) is 32.0 Å². The minimum absolute atomic E-state index is 0.305. The number of alkyl halides is 3. The van der Waals surface area contributed by atoms with Crippen molar-refractivity contribution in [3.05, 3.63) is 70.8 Å². The highest BCUT2D eigenvalue weighted by Gasteiger charge is 2.36. The predicted octanol–water partition coefficient (Wildman–Crippen LogP) is 4.71. The molecule has 178 valence electrons. The zero-order chi connectivity index (χ0) is 24.5. The molecule has 0 spiro atoms. The average molecular weight is 473 g/mol. The van der Waals surface area contributed by atoms with Crippen molar-refractivity contribution in [3.8, 4) is 11.3 Å². The van der Waals surface area contributed by atoms with Gasteiger partial charge in [-0.1, -0.05) is 0 Å². The van der Waals surface area contributed by atoms with Crippen molar-refractivity contribution in [3.63, 3.8) is 0 Å². The summed E-state index contributed by atoms with van der Waals surface area (Å²) in [5.74, 6) is -1.16. The van der Waals surface area contributed by atoms with E-state index >= 15 is 0 Å². The van der Waals surface area contributed by atoms with E-state index in [-0.39, 0.29) is 6.04 Å². The average Bonchev–Trinajstić information content (AvgIpc) is 2.81. The molecule has 0 saturated carbocycles. The number of amides is 1. The van der Waals surface area contributed by atoms with Gasteiger partial charge in [0.25, 0.3) is 5.91 Å². The van der Waals surface area contributed by atoms with Crippen molar-refractivity contribution in [2.45, 2.75) is 38.9 Å². The smallest absolute Gasteiger partial charge is 0.355 e. The van der Waals surface area contributed by atoms with E-state index in [1.165, 1.54) is 0 Å². The van der Waals surface area contributed by atoms with Gasteiger partial charge in [0.1, 0.15) is 5.82 Å². The maximum atomic E-state index is 13.3. The number of rotatable bonds is 4. The van der Waals surface area contributed by atoms with Crippen LogP contribution in [-0.2, 0) is 6.18 Å². The molecule has 1 aliphatic rings. The molecular formula is C24H23F4N5O. The lowest BCUT2D eigenvalue weighted by atomic mass is 10.0. The van der Waals surface area contributed by atoms with Gasteiger partial charge in [-0.05, 0) is 68.1 Å². The molecule has 0 bridgehead atoms. The first-order valence-corrected chi connectivity index (χ1v) is 10.8. The molecule has 10 heteroatoms. The SMILES string of the molecule is Cc1c(-c2ccncc2)nnc(N2CCC(NC(=O)c3ccc(F)cc3C(F)(F)F)CC2)c1C. The summed E-state index contributed by atoms with van der Waals surface area (Å²) in [6.07, 6.45) is -0.375. The third kappa shape index (κ3) is 4.85. The van der Waals surface area contributed by atoms with Crippen LogP contribution in [-0.4, -0.2) is 40.2 Å². The summed E-state index contributed by atoms with van der Waals surface area (Å²) in [5.41, 5.74) is 1.84. The molecule has 0 atom stereocenters. The lowest BCUT2D eigenvalue weighted by Crippen LogP contribution is -2.45. The van der Waals surface area contributed by atoms with Crippen molar-refractivity contribution < 1.29 is 22.4 Å². The highest BCUT2D eigenvalue weighted by atomic mass is 19.4. The number of hydrogen-bond donors (Lipinski definition) is 1. The van der Waals surface area contributed by atoms with Crippen LogP contribution in [0.15, 0.2) is 42.7 Å². The summed E-state index contributed by atoms with van der Waals surface area (Å²) in [5, 5.41) is 11.5. The molecule has 1 aromatic carbocycles. The van der Waals surface area contributed by atoms with Crippen LogP contribution in [0.5, 0.6) is 0 Å². The van der Waals surface area contributed by atoms with Gasteiger partial charge < -0.3 is 10.2 Å². The van der Waals surface area contributed by atoms with Crippen molar-refractivity contribution >= 4 is 11.7 Å². The molecular weight excluding hydrogens is 450 g/mol. The topological polar surface area (TPSA) is 71.0 Å². The fourth-order valence-corrected chi connectivity index (χ4v) is 4.12. The first kappa shape index (κ1) is 23.6. The Hall–Kier alpha value is -3.56. The quantitative estimate of drug-likeness (QED) is 0.556. The maximum absolute atomic E-state index is 13.3. The third-order valence-electron chi connectivity index (χ3n) is 6.11. The van der Waals surface area contributed by atoms with E-state index in [9.17, 15) is 22.4 Å². The molecule has 0 aliphatic carbocycles. The summed E-state index contributed by atoms with van der Waals surface area (Å²) in [6.45, 7) is 5.08. The normalized spacial score (nSPS) is 14.8. The highest BCUT2D eigenvalue weighted by molar-refractivity contribution is 5.96. The molecule has 1 saturated heterocycles. The predicted molar refractivity (Wildman–Crippen MR) is 119 cm³/mol. The Morgan fingerprint density at radius 2 is 1.71 bits per heavy atom. The van der Waals surface area contributed by atoms with E-state index in [2.05, 4.69) is 25.4 Å². The number of benzene rings is 1. The van der Waals surface area contributed by atoms with Gasteiger partial charge in [-0.3, -0.25) is 9.78 Å². The van der Waals surface area contributed by atoms with E-state index in [0.717, 1.165) is 40.3 Å². The molecule has 1 amide bonds. The second-order valence-corrected chi connectivity index (χ2v) is 8.28. The number of anilines is 1. The number of carbonyl (C=O) groups excluding carboxylic acids is 1. The molecule has 0 radical (unpaired) electrons. The van der Waals surface area contributed by atoms with Crippen molar-refractivity contribution in [2.75, 3.05) is 18.0 Å². The van der Waals surface area contributed by atoms with Crippen molar-refractivity contribution in [1.29, 1.82) is 0 Å². The largest absolute Gasteiger partial charge is 0.417 e. The van der Waals surface area contributed by atoms with E-state index in [4.69, 9.17) is 0 Å². The maximum Gasteiger partial charge on any atom is 0.417 e. The highest BCUT2D eigenvalue weighted by Crippen LogP contribution is 2.33. The van der Waals surface area contributed by atoms with Gasteiger partial charge in [-0.15, -0.1) is 10.2 Å². The molecule has 3 heterocycles. The molecule has 4 rings (SSSR count). The van der Waals surface area contributed by atoms with Crippen molar-refractivity contribution in [2.24, 2.45) is 0 Å². The zero-order valence-corrected chi connectivity index (χ0v) is 18.7. The van der Waals surface area contributed by atoms with Gasteiger partial charge in [0.15, 0.2) is 5.82 Å². The van der Waals surface area contributed by atoms with Crippen LogP contribution in [0.3, 0.4) is 0 Å². The molecule has 6 nitrogen and oxygen atoms in total. The monoisotopic (exact) mass is 473 g/mol. The fourth-order valence-electron chi connectivity index (χ4n) is 4.12. The Labute approximate surface area is 194 Å². The van der Waals surface area contributed by atoms with Gasteiger partial charge >= 0.3 is 6.18 Å². The Morgan fingerprint density at radius 1 is 1.03 bits per heavy atom. The lowest BCUT2D eigenvalue weighted by molar-refractivity contribution is -0.138. The molecule has 34 heavy (non-hydrogen) atoms. The van der Waals surface area contributed by atoms with Crippen LogP contribution in [0.4, 0.5) is 23.4 Å². The summed E-state index contributed by atoms with van der Waals surface area (Å²) in [6, 6.07) is 5.50. The third-order valence-corrected chi connectivity index (χ3v) is 6.11. The number of halogens is 4. The minimum atomic E-state index is -4.82. The summed E-state index contributed by atoms with van der Waals surface area (Å²) >= 11 is 0. The Kier molecular flexibility index (Phi) is 6.49. The summed E-state index contributed by atoms with van der Waals surface area (Å²) < 4.78 is 53.1. The summed E-state index contributed by atoms with van der Waals surface area (Å²) in [4.78, 5) is 18.6. The first-order chi connectivity index (χ1) is 16.1. The van der Waals surface area contributed by atoms with Gasteiger partial charge in [-0.25, -0.2) is 4.39 Å². The Morgan fingerprint density at radius 3 is 2.35 bits per heavy atom. The number of carbonyl (C=O) groups is 1. The standard InChI is InChI=1S/C24H23F4N5O/c1-14-15(2)22(32-31-21(14)16-5-9-29-10-6-16)33-11-7-18(8-12-33)30-23(34)19-4-3-17(25)13-20(19)24(26,27)28/h3-6,9-10,13,18H,7-8,11-12H2,1-2H3,(H,30,34). The van der Waals surface area contributed by atoms with Crippen LogP contribution < -0.4 is 10.2 Å². The number of hydrogen-bond acceptors (Lipinski definition) is 5. The zero-order valence-electron chi connectivity index (χ0n) is 18.7. The van der Waals surface area contributed by atoms with Gasteiger partial charge in [0, 0.05) is 37.1 Å². The second-order valence-electron chi connectivity index (χ2n) is 8.28. The van der Waals surface area contributed by atoms with Crippen LogP contribution >= 0.6 is 0 Å². The lowest BCUT2D eigenvalue weighted by Gasteiger charge is -2.34. The molecule has 3 aromatic rings. The van der Waals surface area contributed by atoms with Crippen LogP contribution in [0.1, 0.15) is 39.9 Å². The number of aromatic nitrogens is 3. The van der Waals surface area contributed by atoms with E-state index in [1.807, 2.05) is 26.0 Å². The number of piperidine rings is 1. The van der Waals surface area contributed by atoms with Crippen LogP contribution in [0.25, 0.3) is 11.3 Å². The van der Waals surface area contributed by atoms with E-state index in [1.54, 1.807) is 12.4 Å².